The van der Waals surface area contributed by atoms with Gasteiger partial charge in [0.05, 0.1) is 6.10 Å². The smallest absolute Gasteiger partial charge is 0.157 e. The maximum atomic E-state index is 9.63. The number of ether oxygens (including phenoxy) is 2. The van der Waals surface area contributed by atoms with Crippen molar-refractivity contribution < 1.29 is 19.7 Å². The van der Waals surface area contributed by atoms with Gasteiger partial charge in [0.1, 0.15) is 6.79 Å². The monoisotopic (exact) mass is 312 g/mol. The molecule has 22 heavy (non-hydrogen) atoms. The second-order valence-electron chi connectivity index (χ2n) is 7.56. The third-order valence-electron chi connectivity index (χ3n) is 5.52. The van der Waals surface area contributed by atoms with Crippen LogP contribution in [0.15, 0.2) is 12.2 Å². The summed E-state index contributed by atoms with van der Waals surface area (Å²) in [5.41, 5.74) is 0.379. The lowest BCUT2D eigenvalue weighted by Gasteiger charge is -2.45. The average Bonchev–Trinajstić information content (AvgIpc) is 2.51. The van der Waals surface area contributed by atoms with Gasteiger partial charge in [0.25, 0.3) is 0 Å². The molecule has 3 aliphatic rings. The van der Waals surface area contributed by atoms with Crippen LogP contribution in [0.1, 0.15) is 52.9 Å². The number of hydrogen-bond donors (Lipinski definition) is 2. The molecule has 0 radical (unpaired) electrons. The predicted molar refractivity (Wildman–Crippen MR) is 86.1 cm³/mol. The van der Waals surface area contributed by atoms with Gasteiger partial charge in [-0.05, 0) is 37.0 Å². The summed E-state index contributed by atoms with van der Waals surface area (Å²) in [5, 5.41) is 19.3. The summed E-state index contributed by atoms with van der Waals surface area (Å²) in [6.07, 6.45) is 8.30. The molecule has 0 aromatic heterocycles. The molecule has 0 aliphatic heterocycles. The highest BCUT2D eigenvalue weighted by atomic mass is 16.7. The van der Waals surface area contributed by atoms with Gasteiger partial charge < -0.3 is 19.7 Å². The average molecular weight is 312 g/mol. The van der Waals surface area contributed by atoms with E-state index in [1.807, 2.05) is 0 Å². The first kappa shape index (κ1) is 17.9. The van der Waals surface area contributed by atoms with Crippen molar-refractivity contribution >= 4 is 0 Å². The third-order valence-corrected chi connectivity index (χ3v) is 5.52. The molecule has 128 valence electrons. The zero-order valence-corrected chi connectivity index (χ0v) is 14.2. The Labute approximate surface area is 134 Å². The summed E-state index contributed by atoms with van der Waals surface area (Å²) in [6, 6.07) is 0. The fraction of sp³-hybridized carbons (Fsp3) is 0.889. The summed E-state index contributed by atoms with van der Waals surface area (Å²) in [7, 11) is 0. The molecule has 1 fully saturated rings. The van der Waals surface area contributed by atoms with Crippen LogP contribution < -0.4 is 0 Å². The Morgan fingerprint density at radius 1 is 1.18 bits per heavy atom. The lowest BCUT2D eigenvalue weighted by atomic mass is 9.67. The van der Waals surface area contributed by atoms with E-state index in [1.165, 1.54) is 6.42 Å². The van der Waals surface area contributed by atoms with Gasteiger partial charge in [-0.2, -0.15) is 0 Å². The number of allylic oxidation sites excluding steroid dienone is 1. The molecule has 3 rings (SSSR count). The Hall–Kier alpha value is -0.420. The SMILES string of the molecule is CCC(C)(C)CCCOCOC1C2C=CC(CC2)C1C(O)O. The molecule has 2 N–H and O–H groups in total. The minimum atomic E-state index is -1.31. The Bertz CT molecular complexity index is 364. The van der Waals surface area contributed by atoms with Crippen LogP contribution in [-0.4, -0.2) is 36.0 Å². The first-order chi connectivity index (χ1) is 10.4. The molecule has 0 amide bonds. The molecule has 1 saturated carbocycles. The van der Waals surface area contributed by atoms with Crippen LogP contribution in [0.4, 0.5) is 0 Å². The van der Waals surface area contributed by atoms with Crippen LogP contribution in [-0.2, 0) is 9.47 Å². The molecular formula is C18H32O4. The Morgan fingerprint density at radius 3 is 2.45 bits per heavy atom. The van der Waals surface area contributed by atoms with Crippen LogP contribution in [0.25, 0.3) is 0 Å². The molecule has 4 unspecified atom stereocenters. The van der Waals surface area contributed by atoms with E-state index < -0.39 is 6.29 Å². The number of hydrogen-bond acceptors (Lipinski definition) is 4. The fourth-order valence-electron chi connectivity index (χ4n) is 3.63. The highest BCUT2D eigenvalue weighted by Crippen LogP contribution is 2.43. The number of aliphatic hydroxyl groups excluding tert-OH is 1. The Kier molecular flexibility index (Phi) is 6.45. The molecule has 0 spiro atoms. The van der Waals surface area contributed by atoms with Crippen LogP contribution >= 0.6 is 0 Å². The zero-order valence-electron chi connectivity index (χ0n) is 14.2. The van der Waals surface area contributed by atoms with Crippen molar-refractivity contribution in [3.63, 3.8) is 0 Å². The Balaban J connectivity index is 1.69. The van der Waals surface area contributed by atoms with Gasteiger partial charge in [-0.15, -0.1) is 0 Å². The van der Waals surface area contributed by atoms with Crippen molar-refractivity contribution in [2.75, 3.05) is 13.4 Å². The minimum Gasteiger partial charge on any atom is -0.368 e. The van der Waals surface area contributed by atoms with E-state index in [-0.39, 0.29) is 24.7 Å². The molecule has 4 nitrogen and oxygen atoms in total. The van der Waals surface area contributed by atoms with E-state index in [0.717, 1.165) is 25.7 Å². The maximum Gasteiger partial charge on any atom is 0.157 e. The molecule has 0 saturated heterocycles. The van der Waals surface area contributed by atoms with Gasteiger partial charge in [0.15, 0.2) is 6.29 Å². The highest BCUT2D eigenvalue weighted by molar-refractivity contribution is 5.11. The zero-order chi connectivity index (χ0) is 16.2. The van der Waals surface area contributed by atoms with Crippen molar-refractivity contribution in [2.24, 2.45) is 23.2 Å². The highest BCUT2D eigenvalue weighted by Gasteiger charge is 2.44. The standard InChI is InChI=1S/C18H32O4/c1-4-18(2,3)10-5-11-21-12-22-16-14-8-6-13(7-9-14)15(16)17(19)20/h6,8,13-17,19-20H,4-5,7,9-12H2,1-3H3. The molecule has 4 atom stereocenters. The largest absolute Gasteiger partial charge is 0.368 e. The van der Waals surface area contributed by atoms with Crippen molar-refractivity contribution in [1.82, 2.24) is 0 Å². The summed E-state index contributed by atoms with van der Waals surface area (Å²) >= 11 is 0. The van der Waals surface area contributed by atoms with Gasteiger partial charge in [0.2, 0.25) is 0 Å². The molecule has 3 aliphatic carbocycles. The molecule has 4 heteroatoms. The topological polar surface area (TPSA) is 58.9 Å². The van der Waals surface area contributed by atoms with E-state index in [1.54, 1.807) is 0 Å². The van der Waals surface area contributed by atoms with Crippen molar-refractivity contribution in [3.05, 3.63) is 12.2 Å². The molecule has 0 aromatic rings. The Morgan fingerprint density at radius 2 is 1.86 bits per heavy atom. The van der Waals surface area contributed by atoms with Crippen molar-refractivity contribution in [2.45, 2.75) is 65.3 Å². The second kappa shape index (κ2) is 7.91. The van der Waals surface area contributed by atoms with Gasteiger partial charge in [0, 0.05) is 18.4 Å². The van der Waals surface area contributed by atoms with E-state index in [9.17, 15) is 10.2 Å². The molecular weight excluding hydrogens is 280 g/mol. The predicted octanol–water partition coefficient (Wildman–Crippen LogP) is 3.09. The quantitative estimate of drug-likeness (QED) is 0.390. The molecule has 0 heterocycles. The van der Waals surface area contributed by atoms with Crippen LogP contribution in [0.5, 0.6) is 0 Å². The maximum absolute atomic E-state index is 9.63. The second-order valence-corrected chi connectivity index (χ2v) is 7.56. The number of rotatable bonds is 9. The molecule has 2 bridgehead atoms. The summed E-state index contributed by atoms with van der Waals surface area (Å²) < 4.78 is 11.5. The summed E-state index contributed by atoms with van der Waals surface area (Å²) in [5.74, 6) is 0.297. The van der Waals surface area contributed by atoms with Gasteiger partial charge in [-0.3, -0.25) is 0 Å². The first-order valence-corrected chi connectivity index (χ1v) is 8.68. The van der Waals surface area contributed by atoms with E-state index in [2.05, 4.69) is 32.9 Å². The van der Waals surface area contributed by atoms with Crippen LogP contribution in [0, 0.1) is 23.2 Å². The minimum absolute atomic E-state index is 0.129. The van der Waals surface area contributed by atoms with Gasteiger partial charge in [-0.25, -0.2) is 0 Å². The fourth-order valence-corrected chi connectivity index (χ4v) is 3.63. The third kappa shape index (κ3) is 4.54. The normalized spacial score (nSPS) is 31.2. The number of aliphatic hydroxyl groups is 2. The van der Waals surface area contributed by atoms with Crippen molar-refractivity contribution in [1.29, 1.82) is 0 Å². The first-order valence-electron chi connectivity index (χ1n) is 8.68. The summed E-state index contributed by atoms with van der Waals surface area (Å²) in [4.78, 5) is 0. The number of fused-ring (bicyclic) bond motifs is 2. The lowest BCUT2D eigenvalue weighted by Crippen LogP contribution is -2.48. The van der Waals surface area contributed by atoms with E-state index in [4.69, 9.17) is 9.47 Å². The lowest BCUT2D eigenvalue weighted by molar-refractivity contribution is -0.197. The summed E-state index contributed by atoms with van der Waals surface area (Å²) in [6.45, 7) is 7.73. The van der Waals surface area contributed by atoms with Gasteiger partial charge in [-0.1, -0.05) is 39.3 Å². The van der Waals surface area contributed by atoms with E-state index in [0.29, 0.717) is 17.9 Å². The molecule has 0 aromatic carbocycles. The van der Waals surface area contributed by atoms with Crippen LogP contribution in [0.3, 0.4) is 0 Å². The van der Waals surface area contributed by atoms with Gasteiger partial charge >= 0.3 is 0 Å². The van der Waals surface area contributed by atoms with E-state index >= 15 is 0 Å². The van der Waals surface area contributed by atoms with Crippen molar-refractivity contribution in [3.8, 4) is 0 Å². The van der Waals surface area contributed by atoms with Crippen LogP contribution in [0.2, 0.25) is 0 Å².